The summed E-state index contributed by atoms with van der Waals surface area (Å²) in [6.45, 7) is 1.58. The molecule has 28 heavy (non-hydrogen) atoms. The number of methoxy groups -OCH3 is 1. The number of nitrogens with two attached hydrogens (primary N) is 1. The Morgan fingerprint density at radius 2 is 2.25 bits per heavy atom. The van der Waals surface area contributed by atoms with Crippen LogP contribution in [0.5, 0.6) is 5.75 Å². The second kappa shape index (κ2) is 9.18. The van der Waals surface area contributed by atoms with Crippen LogP contribution in [0.4, 0.5) is 0 Å². The van der Waals surface area contributed by atoms with Gasteiger partial charge in [0, 0.05) is 38.2 Å². The van der Waals surface area contributed by atoms with Crippen molar-refractivity contribution < 1.29 is 28.6 Å². The molecule has 0 saturated carbocycles. The summed E-state index contributed by atoms with van der Waals surface area (Å²) in [6.07, 6.45) is 4.31. The molecule has 8 heteroatoms. The highest BCUT2D eigenvalue weighted by molar-refractivity contribution is 6.03. The highest BCUT2D eigenvalue weighted by Gasteiger charge is 2.37. The predicted octanol–water partition coefficient (Wildman–Crippen LogP) is 1.55. The fraction of sp³-hybridized carbons (Fsp3) is 0.500. The van der Waals surface area contributed by atoms with Crippen molar-refractivity contribution >= 4 is 11.7 Å². The van der Waals surface area contributed by atoms with Crippen molar-refractivity contribution in [2.75, 3.05) is 34.0 Å². The van der Waals surface area contributed by atoms with Crippen LogP contribution in [0.1, 0.15) is 24.0 Å². The van der Waals surface area contributed by atoms with Crippen molar-refractivity contribution in [3.63, 3.8) is 0 Å². The number of oxime groups is 1. The Labute approximate surface area is 164 Å². The number of fused-ring (bicyclic) bond motifs is 1. The summed E-state index contributed by atoms with van der Waals surface area (Å²) in [5.41, 5.74) is 7.92. The van der Waals surface area contributed by atoms with E-state index in [1.54, 1.807) is 13.2 Å². The lowest BCUT2D eigenvalue weighted by atomic mass is 9.89. The molecule has 1 aromatic rings. The van der Waals surface area contributed by atoms with E-state index in [-0.39, 0.29) is 12.6 Å². The molecule has 2 aliphatic rings. The molecule has 1 fully saturated rings. The summed E-state index contributed by atoms with van der Waals surface area (Å²) in [5, 5.41) is 4.03. The van der Waals surface area contributed by atoms with E-state index in [2.05, 4.69) is 5.16 Å². The lowest BCUT2D eigenvalue weighted by Crippen LogP contribution is -2.54. The van der Waals surface area contributed by atoms with Gasteiger partial charge in [0.2, 0.25) is 0 Å². The molecule has 0 aromatic heterocycles. The zero-order valence-corrected chi connectivity index (χ0v) is 16.2. The van der Waals surface area contributed by atoms with Gasteiger partial charge in [0.1, 0.15) is 25.1 Å². The highest BCUT2D eigenvalue weighted by atomic mass is 16.6. The Kier molecular flexibility index (Phi) is 6.66. The van der Waals surface area contributed by atoms with Crippen LogP contribution in [0.15, 0.2) is 35.5 Å². The van der Waals surface area contributed by atoms with Gasteiger partial charge in [-0.1, -0.05) is 11.2 Å². The van der Waals surface area contributed by atoms with E-state index < -0.39 is 11.6 Å². The molecule has 2 N–H and O–H groups in total. The van der Waals surface area contributed by atoms with E-state index in [1.165, 1.54) is 13.2 Å². The van der Waals surface area contributed by atoms with E-state index in [0.717, 1.165) is 16.8 Å². The zero-order valence-electron chi connectivity index (χ0n) is 16.2. The molecule has 0 spiro atoms. The average molecular weight is 390 g/mol. The summed E-state index contributed by atoms with van der Waals surface area (Å²) in [7, 11) is 3.10. The van der Waals surface area contributed by atoms with E-state index in [0.29, 0.717) is 38.4 Å². The quantitative estimate of drug-likeness (QED) is 0.447. The number of nitrogens with zero attached hydrogens (tertiary/aromatic N) is 1. The van der Waals surface area contributed by atoms with Crippen LogP contribution in [0.2, 0.25) is 0 Å². The van der Waals surface area contributed by atoms with Gasteiger partial charge in [0.25, 0.3) is 0 Å². The van der Waals surface area contributed by atoms with Gasteiger partial charge in [-0.3, -0.25) is 0 Å². The predicted molar refractivity (Wildman–Crippen MR) is 102 cm³/mol. The number of carbonyl (C=O) groups excluding carboxylic acids is 1. The van der Waals surface area contributed by atoms with Crippen molar-refractivity contribution in [3.05, 3.63) is 41.5 Å². The van der Waals surface area contributed by atoms with E-state index >= 15 is 0 Å². The van der Waals surface area contributed by atoms with Gasteiger partial charge in [0.15, 0.2) is 0 Å². The molecule has 0 bridgehead atoms. The first-order valence-electron chi connectivity index (χ1n) is 9.18. The molecule has 3 rings (SSSR count). The lowest BCUT2D eigenvalue weighted by molar-refractivity contribution is -0.139. The Balaban J connectivity index is 1.61. The molecule has 1 aromatic carbocycles. The Morgan fingerprint density at radius 3 is 3.00 bits per heavy atom. The summed E-state index contributed by atoms with van der Waals surface area (Å²) in [5.74, 6) is 0.244. The van der Waals surface area contributed by atoms with Gasteiger partial charge in [-0.05, 0) is 23.8 Å². The van der Waals surface area contributed by atoms with E-state index in [1.807, 2.05) is 18.2 Å². The molecule has 2 aliphatic heterocycles. The van der Waals surface area contributed by atoms with Crippen LogP contribution < -0.4 is 10.5 Å². The first kappa shape index (κ1) is 20.3. The van der Waals surface area contributed by atoms with Crippen molar-refractivity contribution in [1.29, 1.82) is 0 Å². The fourth-order valence-electron chi connectivity index (χ4n) is 3.32. The number of ether oxygens (including phenoxy) is 4. The van der Waals surface area contributed by atoms with Crippen LogP contribution in [-0.2, 0) is 30.4 Å². The summed E-state index contributed by atoms with van der Waals surface area (Å²) in [6, 6.07) is 5.28. The smallest absolute Gasteiger partial charge is 0.330 e. The minimum atomic E-state index is -0.714. The van der Waals surface area contributed by atoms with Crippen LogP contribution in [0.3, 0.4) is 0 Å². The third-order valence-electron chi connectivity index (χ3n) is 4.98. The molecule has 0 radical (unpaired) electrons. The maximum Gasteiger partial charge on any atom is 0.330 e. The van der Waals surface area contributed by atoms with Crippen molar-refractivity contribution in [2.24, 2.45) is 10.9 Å². The number of rotatable bonds is 6. The minimum Gasteiger partial charge on any atom is -0.492 e. The summed E-state index contributed by atoms with van der Waals surface area (Å²) in [4.78, 5) is 17.0. The first-order chi connectivity index (χ1) is 13.6. The molecular weight excluding hydrogens is 364 g/mol. The normalized spacial score (nSPS) is 26.0. The van der Waals surface area contributed by atoms with E-state index in [9.17, 15) is 4.79 Å². The second-order valence-corrected chi connectivity index (χ2v) is 6.68. The monoisotopic (exact) mass is 390 g/mol. The fourth-order valence-corrected chi connectivity index (χ4v) is 3.32. The Morgan fingerprint density at radius 1 is 1.39 bits per heavy atom. The van der Waals surface area contributed by atoms with Crippen molar-refractivity contribution in [3.8, 4) is 5.75 Å². The molecular formula is C20H26N2O6. The highest BCUT2D eigenvalue weighted by Crippen LogP contribution is 2.27. The SMILES string of the molecule is CO/N=C1\CCOc2cc(COC(=O)/C=C\C3(OC)CCOCC3N)ccc21. The Hall–Kier alpha value is -2.42. The second-order valence-electron chi connectivity index (χ2n) is 6.68. The largest absolute Gasteiger partial charge is 0.492 e. The molecule has 152 valence electrons. The first-order valence-corrected chi connectivity index (χ1v) is 9.18. The third kappa shape index (κ3) is 4.52. The van der Waals surface area contributed by atoms with Crippen LogP contribution in [-0.4, -0.2) is 57.4 Å². The molecule has 2 atom stereocenters. The Bertz CT molecular complexity index is 763. The van der Waals surface area contributed by atoms with Gasteiger partial charge in [-0.25, -0.2) is 4.79 Å². The number of carbonyl (C=O) groups is 1. The molecule has 2 heterocycles. The van der Waals surface area contributed by atoms with Crippen molar-refractivity contribution in [1.82, 2.24) is 0 Å². The molecule has 1 saturated heterocycles. The summed E-state index contributed by atoms with van der Waals surface area (Å²) < 4.78 is 21.9. The van der Waals surface area contributed by atoms with Gasteiger partial charge >= 0.3 is 5.97 Å². The maximum absolute atomic E-state index is 12.1. The number of benzene rings is 1. The number of esters is 1. The third-order valence-corrected chi connectivity index (χ3v) is 4.98. The van der Waals surface area contributed by atoms with Crippen molar-refractivity contribution in [2.45, 2.75) is 31.1 Å². The van der Waals surface area contributed by atoms with Gasteiger partial charge in [-0.2, -0.15) is 0 Å². The van der Waals surface area contributed by atoms with Crippen LogP contribution >= 0.6 is 0 Å². The molecule has 8 nitrogen and oxygen atoms in total. The number of hydrogen-bond donors (Lipinski definition) is 1. The molecule has 0 aliphatic carbocycles. The summed E-state index contributed by atoms with van der Waals surface area (Å²) >= 11 is 0. The minimum absolute atomic E-state index is 0.131. The zero-order chi connectivity index (χ0) is 20.0. The van der Waals surface area contributed by atoms with Gasteiger partial charge in [0.05, 0.1) is 25.0 Å². The average Bonchev–Trinajstić information content (AvgIpc) is 2.72. The standard InChI is InChI=1S/C20H26N2O6/c1-24-20(8-10-26-13-18(20)21)7-5-19(23)28-12-14-3-4-15-16(22-25-2)6-9-27-17(15)11-14/h3-5,7,11,18H,6,8-10,12-13,21H2,1-2H3/b7-5-,22-16+. The number of hydrogen-bond acceptors (Lipinski definition) is 8. The molecule has 0 amide bonds. The topological polar surface area (TPSA) is 102 Å². The van der Waals surface area contributed by atoms with E-state index in [4.69, 9.17) is 29.5 Å². The lowest BCUT2D eigenvalue weighted by Gasteiger charge is -2.38. The maximum atomic E-state index is 12.1. The van der Waals surface area contributed by atoms with Gasteiger partial charge < -0.3 is 29.5 Å². The van der Waals surface area contributed by atoms with Crippen LogP contribution in [0.25, 0.3) is 0 Å². The molecule has 2 unspecified atom stereocenters. The van der Waals surface area contributed by atoms with Gasteiger partial charge in [-0.15, -0.1) is 0 Å². The van der Waals surface area contributed by atoms with Crippen LogP contribution in [0, 0.1) is 0 Å².